The number of hydrogen-bond donors (Lipinski definition) is 2. The minimum absolute atomic E-state index is 0.0769. The Bertz CT molecular complexity index is 375. The summed E-state index contributed by atoms with van der Waals surface area (Å²) in [5, 5.41) is 5.72. The Kier molecular flexibility index (Phi) is 4.33. The predicted octanol–water partition coefficient (Wildman–Crippen LogP) is 0.764. The van der Waals surface area contributed by atoms with Crippen LogP contribution >= 0.6 is 0 Å². The first-order valence-electron chi connectivity index (χ1n) is 6.36. The number of carbonyl (C=O) groups excluding carboxylic acids is 1. The third-order valence-corrected chi connectivity index (χ3v) is 3.00. The first kappa shape index (κ1) is 12.6. The molecule has 1 aromatic heterocycles. The highest BCUT2D eigenvalue weighted by Gasteiger charge is 2.21. The highest BCUT2D eigenvalue weighted by atomic mass is 16.2. The smallest absolute Gasteiger partial charge is 0.314 e. The number of amides is 2. The Labute approximate surface area is 107 Å². The van der Waals surface area contributed by atoms with Crippen LogP contribution in [0.3, 0.4) is 0 Å². The van der Waals surface area contributed by atoms with Crippen LogP contribution in [0, 0.1) is 0 Å². The minimum Gasteiger partial charge on any atom is -0.341 e. The molecule has 1 aliphatic rings. The summed E-state index contributed by atoms with van der Waals surface area (Å²) < 4.78 is 0. The van der Waals surface area contributed by atoms with Gasteiger partial charge in [0.05, 0.1) is 0 Å². The van der Waals surface area contributed by atoms with Crippen LogP contribution in [0.25, 0.3) is 0 Å². The van der Waals surface area contributed by atoms with E-state index in [1.165, 1.54) is 0 Å². The Hall–Kier alpha value is -1.85. The quantitative estimate of drug-likeness (QED) is 0.830. The number of nitrogens with one attached hydrogen (secondary N) is 2. The lowest BCUT2D eigenvalue weighted by atomic mass is 10.1. The van der Waals surface area contributed by atoms with E-state index in [-0.39, 0.29) is 12.1 Å². The van der Waals surface area contributed by atoms with Gasteiger partial charge in [-0.25, -0.2) is 14.8 Å². The lowest BCUT2D eigenvalue weighted by Crippen LogP contribution is -2.48. The Morgan fingerprint density at radius 2 is 2.06 bits per heavy atom. The van der Waals surface area contributed by atoms with E-state index in [0.717, 1.165) is 31.9 Å². The second kappa shape index (κ2) is 6.18. The lowest BCUT2D eigenvalue weighted by molar-refractivity contribution is 0.235. The normalized spacial score (nSPS) is 16.4. The molecular weight excluding hydrogens is 230 g/mol. The summed E-state index contributed by atoms with van der Waals surface area (Å²) in [6, 6.07) is 1.98. The van der Waals surface area contributed by atoms with E-state index >= 15 is 0 Å². The minimum atomic E-state index is -0.0769. The third kappa shape index (κ3) is 3.32. The van der Waals surface area contributed by atoms with Crippen molar-refractivity contribution in [3.05, 3.63) is 18.5 Å². The number of urea groups is 1. The van der Waals surface area contributed by atoms with Gasteiger partial charge in [-0.3, -0.25) is 0 Å². The van der Waals surface area contributed by atoms with Gasteiger partial charge in [0.1, 0.15) is 0 Å². The fourth-order valence-corrected chi connectivity index (χ4v) is 2.08. The SMILES string of the molecule is CCNC(=O)NC1CCN(c2ncccn2)CC1. The van der Waals surface area contributed by atoms with Crippen LogP contribution < -0.4 is 15.5 Å². The lowest BCUT2D eigenvalue weighted by Gasteiger charge is -2.32. The molecule has 2 amide bonds. The number of carbonyl (C=O) groups is 1. The van der Waals surface area contributed by atoms with Crippen molar-refractivity contribution in [2.45, 2.75) is 25.8 Å². The van der Waals surface area contributed by atoms with Gasteiger partial charge in [0, 0.05) is 38.1 Å². The molecule has 0 unspecified atom stereocenters. The van der Waals surface area contributed by atoms with Gasteiger partial charge in [-0.05, 0) is 25.8 Å². The molecule has 0 spiro atoms. The van der Waals surface area contributed by atoms with Crippen molar-refractivity contribution in [2.75, 3.05) is 24.5 Å². The molecule has 6 heteroatoms. The molecule has 1 saturated heterocycles. The van der Waals surface area contributed by atoms with Gasteiger partial charge in [-0.15, -0.1) is 0 Å². The largest absolute Gasteiger partial charge is 0.341 e. The van der Waals surface area contributed by atoms with Crippen LogP contribution in [0.2, 0.25) is 0 Å². The third-order valence-electron chi connectivity index (χ3n) is 3.00. The number of hydrogen-bond acceptors (Lipinski definition) is 4. The predicted molar refractivity (Wildman–Crippen MR) is 69.5 cm³/mol. The Morgan fingerprint density at radius 1 is 1.39 bits per heavy atom. The van der Waals surface area contributed by atoms with E-state index in [9.17, 15) is 4.79 Å². The molecule has 2 rings (SSSR count). The molecule has 0 atom stereocenters. The second-order valence-electron chi connectivity index (χ2n) is 4.31. The van der Waals surface area contributed by atoms with E-state index in [4.69, 9.17) is 0 Å². The average Bonchev–Trinajstić information content (AvgIpc) is 2.41. The molecule has 0 radical (unpaired) electrons. The zero-order valence-corrected chi connectivity index (χ0v) is 10.6. The van der Waals surface area contributed by atoms with Crippen molar-refractivity contribution in [3.8, 4) is 0 Å². The number of anilines is 1. The first-order valence-corrected chi connectivity index (χ1v) is 6.36. The molecule has 18 heavy (non-hydrogen) atoms. The molecule has 2 N–H and O–H groups in total. The van der Waals surface area contributed by atoms with Gasteiger partial charge < -0.3 is 15.5 Å². The van der Waals surface area contributed by atoms with Crippen molar-refractivity contribution >= 4 is 12.0 Å². The van der Waals surface area contributed by atoms with Crippen molar-refractivity contribution < 1.29 is 4.79 Å². The van der Waals surface area contributed by atoms with Crippen LogP contribution in [-0.4, -0.2) is 41.7 Å². The summed E-state index contributed by atoms with van der Waals surface area (Å²) in [4.78, 5) is 22.0. The summed E-state index contributed by atoms with van der Waals surface area (Å²) in [7, 11) is 0. The van der Waals surface area contributed by atoms with Crippen molar-refractivity contribution in [1.82, 2.24) is 20.6 Å². The van der Waals surface area contributed by atoms with Crippen molar-refractivity contribution in [2.24, 2.45) is 0 Å². The molecule has 0 aliphatic carbocycles. The maximum Gasteiger partial charge on any atom is 0.314 e. The summed E-state index contributed by atoms with van der Waals surface area (Å²) in [5.41, 5.74) is 0. The van der Waals surface area contributed by atoms with E-state index in [1.54, 1.807) is 12.4 Å². The Morgan fingerprint density at radius 3 is 2.67 bits per heavy atom. The van der Waals surface area contributed by atoms with Gasteiger partial charge in [0.15, 0.2) is 0 Å². The highest BCUT2D eigenvalue weighted by Crippen LogP contribution is 2.14. The maximum atomic E-state index is 11.4. The average molecular weight is 249 g/mol. The molecule has 0 aromatic carbocycles. The second-order valence-corrected chi connectivity index (χ2v) is 4.31. The monoisotopic (exact) mass is 249 g/mol. The standard InChI is InChI=1S/C12H19N5O/c1-2-13-12(18)16-10-4-8-17(9-5-10)11-14-6-3-7-15-11/h3,6-7,10H,2,4-5,8-9H2,1H3,(H2,13,16,18). The van der Waals surface area contributed by atoms with Crippen LogP contribution in [0.1, 0.15) is 19.8 Å². The van der Waals surface area contributed by atoms with Crippen LogP contribution in [0.5, 0.6) is 0 Å². The van der Waals surface area contributed by atoms with E-state index in [1.807, 2.05) is 13.0 Å². The maximum absolute atomic E-state index is 11.4. The van der Waals surface area contributed by atoms with Gasteiger partial charge >= 0.3 is 6.03 Å². The topological polar surface area (TPSA) is 70.2 Å². The van der Waals surface area contributed by atoms with Crippen LogP contribution in [0.15, 0.2) is 18.5 Å². The van der Waals surface area contributed by atoms with Gasteiger partial charge in [0.25, 0.3) is 0 Å². The number of piperidine rings is 1. The van der Waals surface area contributed by atoms with E-state index in [2.05, 4.69) is 25.5 Å². The molecule has 1 aliphatic heterocycles. The molecule has 6 nitrogen and oxygen atoms in total. The number of rotatable bonds is 3. The fourth-order valence-electron chi connectivity index (χ4n) is 2.08. The first-order chi connectivity index (χ1) is 8.79. The molecule has 2 heterocycles. The summed E-state index contributed by atoms with van der Waals surface area (Å²) in [6.07, 6.45) is 5.35. The summed E-state index contributed by atoms with van der Waals surface area (Å²) in [5.74, 6) is 0.772. The fraction of sp³-hybridized carbons (Fsp3) is 0.583. The van der Waals surface area contributed by atoms with Gasteiger partial charge in [-0.1, -0.05) is 0 Å². The zero-order valence-electron chi connectivity index (χ0n) is 10.6. The van der Waals surface area contributed by atoms with Crippen LogP contribution in [-0.2, 0) is 0 Å². The van der Waals surface area contributed by atoms with E-state index in [0.29, 0.717) is 6.54 Å². The number of nitrogens with zero attached hydrogens (tertiary/aromatic N) is 3. The van der Waals surface area contributed by atoms with Gasteiger partial charge in [-0.2, -0.15) is 0 Å². The number of aromatic nitrogens is 2. The van der Waals surface area contributed by atoms with Gasteiger partial charge in [0.2, 0.25) is 5.95 Å². The van der Waals surface area contributed by atoms with Crippen molar-refractivity contribution in [3.63, 3.8) is 0 Å². The van der Waals surface area contributed by atoms with E-state index < -0.39 is 0 Å². The molecule has 0 saturated carbocycles. The summed E-state index contributed by atoms with van der Waals surface area (Å²) >= 11 is 0. The molecule has 0 bridgehead atoms. The molecule has 98 valence electrons. The highest BCUT2D eigenvalue weighted by molar-refractivity contribution is 5.74. The summed E-state index contributed by atoms with van der Waals surface area (Å²) in [6.45, 7) is 4.32. The van der Waals surface area contributed by atoms with Crippen LogP contribution in [0.4, 0.5) is 10.7 Å². The Balaban J connectivity index is 1.80. The van der Waals surface area contributed by atoms with Crippen molar-refractivity contribution in [1.29, 1.82) is 0 Å². The molecule has 1 aromatic rings. The zero-order chi connectivity index (χ0) is 12.8. The molecular formula is C12H19N5O. The molecule has 1 fully saturated rings.